The fourth-order valence-electron chi connectivity index (χ4n) is 6.23. The van der Waals surface area contributed by atoms with Gasteiger partial charge in [-0.25, -0.2) is 0 Å². The number of ether oxygens (including phenoxy) is 4. The van der Waals surface area contributed by atoms with Crippen LogP contribution in [0.3, 0.4) is 0 Å². The maximum atomic E-state index is 12.6. The van der Waals surface area contributed by atoms with E-state index in [2.05, 4.69) is 31.8 Å². The third-order valence-electron chi connectivity index (χ3n) is 9.15. The number of methoxy groups -OCH3 is 1. The molecule has 0 radical (unpaired) electrons. The van der Waals surface area contributed by atoms with Crippen LogP contribution >= 0.6 is 54.0 Å². The van der Waals surface area contributed by atoms with E-state index in [1.807, 2.05) is 62.5 Å². The predicted molar refractivity (Wildman–Crippen MR) is 281 cm³/mol. The molecule has 3 unspecified atom stereocenters. The first-order valence-electron chi connectivity index (χ1n) is 21.7. The van der Waals surface area contributed by atoms with E-state index in [1.54, 1.807) is 23.8 Å². The van der Waals surface area contributed by atoms with Crippen LogP contribution < -0.4 is 34.2 Å². The third-order valence-corrected chi connectivity index (χ3v) is 10.7. The van der Waals surface area contributed by atoms with Gasteiger partial charge in [-0.3, -0.25) is 29.8 Å². The van der Waals surface area contributed by atoms with Gasteiger partial charge in [-0.05, 0) is 92.5 Å². The maximum absolute atomic E-state index is 12.6. The van der Waals surface area contributed by atoms with Gasteiger partial charge in [0.15, 0.2) is 4.84 Å². The van der Waals surface area contributed by atoms with Crippen LogP contribution in [0, 0.1) is 17.0 Å². The van der Waals surface area contributed by atoms with E-state index >= 15 is 0 Å². The van der Waals surface area contributed by atoms with Crippen molar-refractivity contribution in [3.8, 4) is 23.0 Å². The molecule has 0 aromatic heterocycles. The van der Waals surface area contributed by atoms with Crippen LogP contribution in [0.1, 0.15) is 44.4 Å². The van der Waals surface area contributed by atoms with Crippen molar-refractivity contribution in [2.45, 2.75) is 64.1 Å². The van der Waals surface area contributed by atoms with E-state index in [0.29, 0.717) is 29.9 Å². The van der Waals surface area contributed by atoms with Crippen LogP contribution in [-0.2, 0) is 47.2 Å². The molecule has 4 aromatic rings. The zero-order valence-electron chi connectivity index (χ0n) is 41.4. The fraction of sp³-hybridized carbons (Fsp3) is 0.426. The Morgan fingerprint density at radius 3 is 2.18 bits per heavy atom. The van der Waals surface area contributed by atoms with E-state index in [0.717, 1.165) is 47.1 Å². The minimum atomic E-state index is -4.52. The number of carbonyl (C=O) groups is 3. The molecule has 5 rings (SSSR count). The molecule has 0 fully saturated rings. The quantitative estimate of drug-likeness (QED) is 0.0312. The lowest BCUT2D eigenvalue weighted by molar-refractivity contribution is -0.385. The number of fused-ring (bicyclic) bond motifs is 1. The summed E-state index contributed by atoms with van der Waals surface area (Å²) in [5.41, 5.74) is 2.78. The van der Waals surface area contributed by atoms with Gasteiger partial charge in [-0.1, -0.05) is 72.1 Å². The Balaban J connectivity index is 0.000000492. The SMILES string of the molecule is CC1COc2ccccc2N1C(=O)C(Cl)Cl.CCOc1cc(Oc2ccc(C(F)(F)F)cc2Cl)ccc1[N+](=O)[O-].CCc1cccc(C)c1N(C(=O)CCl)C(C)COC.C[S+](C)C.O=C(O)CNCP(=O)([O-])O. The highest BCUT2D eigenvalue weighted by atomic mass is 35.5. The molecular formula is C47H60Cl4F3N4O13PS. The molecule has 3 atom stereocenters. The average molecular weight is 1150 g/mol. The van der Waals surface area contributed by atoms with Crippen molar-refractivity contribution in [1.82, 2.24) is 5.32 Å². The second kappa shape index (κ2) is 32.7. The molecule has 1 heterocycles. The monoisotopic (exact) mass is 1150 g/mol. The summed E-state index contributed by atoms with van der Waals surface area (Å²) in [6.45, 7) is 10.3. The standard InChI is InChI=1S/C15H11ClF3NO4.C15H22ClNO2.C11H11Cl2NO2.C3H8NO5P.C3H9S/c1-2-23-14-8-10(4-5-12(14)20(21)22)24-13-6-3-9(7-11(13)16)15(17,18)19;1-5-13-8-6-7-11(2)15(13)17(14(18)9-16)12(3)10-19-4;1-7-6-16-9-5-3-2-4-8(9)14(7)11(15)10(12)13;5-3(6)1-4-2-10(7,8)9;1-4(2)3/h3-8H,2H2,1H3;6-8,12H,5,9-10H2,1-4H3;2-5,7,10H,6H2,1H3;4H,1-2H2,(H,5,6)(H2,7,8,9);1-3H3/q;;;;+1/p-1. The average Bonchev–Trinajstić information content (AvgIpc) is 3.29. The van der Waals surface area contributed by atoms with Gasteiger partial charge >= 0.3 is 17.8 Å². The minimum Gasteiger partial charge on any atom is -0.778 e. The van der Waals surface area contributed by atoms with Gasteiger partial charge in [0.1, 0.15) is 37.3 Å². The summed E-state index contributed by atoms with van der Waals surface area (Å²) in [5.74, 6) is -0.793. The van der Waals surface area contributed by atoms with Crippen LogP contribution in [-0.4, -0.2) is 114 Å². The number of anilines is 2. The van der Waals surface area contributed by atoms with Crippen molar-refractivity contribution in [3.05, 3.63) is 111 Å². The second-order valence-electron chi connectivity index (χ2n) is 15.7. The number of nitrogens with one attached hydrogen (secondary N) is 1. The Morgan fingerprint density at radius 2 is 1.67 bits per heavy atom. The largest absolute Gasteiger partial charge is 0.778 e. The number of amides is 2. The van der Waals surface area contributed by atoms with Gasteiger partial charge in [0.05, 0.1) is 83.8 Å². The molecule has 1 aliphatic heterocycles. The number of para-hydroxylation sites is 3. The van der Waals surface area contributed by atoms with Crippen LogP contribution in [0.15, 0.2) is 78.9 Å². The van der Waals surface area contributed by atoms with Gasteiger partial charge in [-0.15, -0.1) is 11.6 Å². The van der Waals surface area contributed by atoms with Crippen molar-refractivity contribution in [3.63, 3.8) is 0 Å². The number of nitro benzene ring substituents is 1. The number of hydrogen-bond acceptors (Lipinski definition) is 12. The molecule has 26 heteroatoms. The summed E-state index contributed by atoms with van der Waals surface area (Å²) in [7, 11) is -2.07. The van der Waals surface area contributed by atoms with Crippen molar-refractivity contribution >= 4 is 99.7 Å². The van der Waals surface area contributed by atoms with Crippen molar-refractivity contribution in [1.29, 1.82) is 0 Å². The Morgan fingerprint density at radius 1 is 1.04 bits per heavy atom. The summed E-state index contributed by atoms with van der Waals surface area (Å²) >= 11 is 22.8. The number of aryl methyl sites for hydroxylation is 2. The highest BCUT2D eigenvalue weighted by molar-refractivity contribution is 7.94. The molecule has 0 bridgehead atoms. The summed E-state index contributed by atoms with van der Waals surface area (Å²) in [4.78, 5) is 64.4. The Kier molecular flexibility index (Phi) is 29.8. The van der Waals surface area contributed by atoms with Gasteiger partial charge in [0.25, 0.3) is 5.91 Å². The molecule has 406 valence electrons. The predicted octanol–water partition coefficient (Wildman–Crippen LogP) is 9.88. The van der Waals surface area contributed by atoms with Crippen molar-refractivity contribution in [2.75, 3.05) is 74.2 Å². The molecule has 3 N–H and O–H groups in total. The summed E-state index contributed by atoms with van der Waals surface area (Å²) in [6, 6.07) is 19.7. The molecule has 17 nitrogen and oxygen atoms in total. The van der Waals surface area contributed by atoms with Gasteiger partial charge in [0, 0.05) is 19.2 Å². The number of alkyl halides is 6. The zero-order valence-corrected chi connectivity index (χ0v) is 46.2. The van der Waals surface area contributed by atoms with Gasteiger partial charge < -0.3 is 48.2 Å². The first-order valence-corrected chi connectivity index (χ1v) is 27.7. The first-order chi connectivity index (χ1) is 34.0. The summed E-state index contributed by atoms with van der Waals surface area (Å²) in [6.07, 6.45) is 2.24. The lowest BCUT2D eigenvalue weighted by atomic mass is 10.0. The number of hydrogen-bond donors (Lipinski definition) is 3. The van der Waals surface area contributed by atoms with Crippen LogP contribution in [0.4, 0.5) is 30.2 Å². The molecule has 4 aromatic carbocycles. The van der Waals surface area contributed by atoms with Gasteiger partial charge in [0.2, 0.25) is 11.7 Å². The fourth-order valence-corrected chi connectivity index (χ4v) is 7.19. The van der Waals surface area contributed by atoms with E-state index < -0.39 is 47.9 Å². The molecule has 0 spiro atoms. The third kappa shape index (κ3) is 23.7. The molecule has 2 amide bonds. The molecule has 0 aliphatic carbocycles. The normalized spacial score (nSPS) is 13.8. The van der Waals surface area contributed by atoms with Crippen LogP contribution in [0.2, 0.25) is 5.02 Å². The van der Waals surface area contributed by atoms with E-state index in [4.69, 9.17) is 75.4 Å². The summed E-state index contributed by atoms with van der Waals surface area (Å²) in [5, 5.41) is 20.6. The van der Waals surface area contributed by atoms with Crippen molar-refractivity contribution in [2.24, 2.45) is 0 Å². The zero-order chi connectivity index (χ0) is 55.8. The van der Waals surface area contributed by atoms with Gasteiger partial charge in [-0.2, -0.15) is 13.2 Å². The molecule has 73 heavy (non-hydrogen) atoms. The number of nitro groups is 1. The number of rotatable bonds is 16. The first kappa shape index (κ1) is 66.5. The summed E-state index contributed by atoms with van der Waals surface area (Å²) < 4.78 is 69.0. The lowest BCUT2D eigenvalue weighted by Gasteiger charge is -2.35. The maximum Gasteiger partial charge on any atom is 0.416 e. The van der Waals surface area contributed by atoms with Crippen LogP contribution in [0.5, 0.6) is 23.0 Å². The number of carboxylic acid groups (broad SMARTS) is 1. The number of aliphatic carboxylic acids is 1. The molecule has 0 saturated carbocycles. The van der Waals surface area contributed by atoms with E-state index in [-0.39, 0.29) is 64.3 Å². The second-order valence-corrected chi connectivity index (χ2v) is 21.5. The number of halogens is 7. The van der Waals surface area contributed by atoms with E-state index in [9.17, 15) is 47.1 Å². The van der Waals surface area contributed by atoms with Crippen molar-refractivity contribution < 1.29 is 70.9 Å². The topological polar surface area (TPSA) is 230 Å². The number of carbonyl (C=O) groups excluding carboxylic acids is 2. The number of nitrogens with zero attached hydrogens (tertiary/aromatic N) is 3. The highest BCUT2D eigenvalue weighted by Crippen LogP contribution is 2.39. The molecular weight excluding hydrogens is 1090 g/mol. The molecule has 1 aliphatic rings. The number of carboxylic acids is 1. The van der Waals surface area contributed by atoms with E-state index in [1.165, 1.54) is 18.2 Å². The Bertz CT molecular complexity index is 2460. The highest BCUT2D eigenvalue weighted by Gasteiger charge is 2.33. The van der Waals surface area contributed by atoms with Crippen LogP contribution in [0.25, 0.3) is 0 Å². The minimum absolute atomic E-state index is 0.0111. The Labute approximate surface area is 445 Å². The number of benzene rings is 4. The lowest BCUT2D eigenvalue weighted by Crippen LogP contribution is -2.47. The smallest absolute Gasteiger partial charge is 0.416 e. The Hall–Kier alpha value is -4.54. The molecule has 0 saturated heterocycles.